The summed E-state index contributed by atoms with van der Waals surface area (Å²) in [5, 5.41) is 18.4. The van der Waals surface area contributed by atoms with Crippen LogP contribution >= 0.6 is 0 Å². The van der Waals surface area contributed by atoms with Crippen molar-refractivity contribution in [2.75, 3.05) is 0 Å². The second kappa shape index (κ2) is 3.52. The van der Waals surface area contributed by atoms with Gasteiger partial charge in [-0.05, 0) is 18.6 Å². The lowest BCUT2D eigenvalue weighted by Gasteiger charge is -2.08. The van der Waals surface area contributed by atoms with Gasteiger partial charge < -0.3 is 19.2 Å². The van der Waals surface area contributed by atoms with E-state index in [0.29, 0.717) is 0 Å². The van der Waals surface area contributed by atoms with Crippen LogP contribution in [0.5, 0.6) is 0 Å². The summed E-state index contributed by atoms with van der Waals surface area (Å²) in [6.45, 7) is 1.67. The Labute approximate surface area is 85.2 Å². The molecule has 0 fully saturated rings. The summed E-state index contributed by atoms with van der Waals surface area (Å²) in [5.74, 6) is 0. The molecule has 2 N–H and O–H groups in total. The lowest BCUT2D eigenvalue weighted by atomic mass is 10.2. The van der Waals surface area contributed by atoms with Gasteiger partial charge in [0, 0.05) is 11.6 Å². The largest absolute Gasteiger partial charge is 0.459 e. The van der Waals surface area contributed by atoms with Gasteiger partial charge in [0.15, 0.2) is 11.9 Å². The highest BCUT2D eigenvalue weighted by molar-refractivity contribution is 5.79. The molecule has 0 amide bonds. The molecule has 2 aromatic heterocycles. The summed E-state index contributed by atoms with van der Waals surface area (Å²) in [7, 11) is 0. The minimum Gasteiger partial charge on any atom is -0.459 e. The van der Waals surface area contributed by atoms with Gasteiger partial charge in [-0.15, -0.1) is 0 Å². The van der Waals surface area contributed by atoms with E-state index < -0.39 is 6.29 Å². The van der Waals surface area contributed by atoms with E-state index in [4.69, 9.17) is 14.6 Å². The van der Waals surface area contributed by atoms with Crippen LogP contribution in [0, 0.1) is 6.92 Å². The molecule has 2 heterocycles. The third kappa shape index (κ3) is 1.67. The summed E-state index contributed by atoms with van der Waals surface area (Å²) >= 11 is 0. The normalized spacial score (nSPS) is 11.5. The third-order valence-electron chi connectivity index (χ3n) is 2.25. The maximum absolute atomic E-state index is 11.7. The Kier molecular flexibility index (Phi) is 2.34. The van der Waals surface area contributed by atoms with Gasteiger partial charge in [0.05, 0.1) is 12.8 Å². The van der Waals surface area contributed by atoms with Crippen molar-refractivity contribution in [2.24, 2.45) is 0 Å². The van der Waals surface area contributed by atoms with E-state index in [1.165, 1.54) is 10.8 Å². The molecule has 15 heavy (non-hydrogen) atoms. The zero-order chi connectivity index (χ0) is 11.0. The number of furan rings is 1. The van der Waals surface area contributed by atoms with E-state index in [9.17, 15) is 4.79 Å². The number of aromatic nitrogens is 1. The first-order valence-corrected chi connectivity index (χ1v) is 4.53. The SMILES string of the molecule is Cc1cn(CC(O)O)c(=O)c2occc12. The smallest absolute Gasteiger partial charge is 0.294 e. The van der Waals surface area contributed by atoms with Crippen LogP contribution in [0.1, 0.15) is 5.56 Å². The number of aliphatic hydroxyl groups is 2. The maximum Gasteiger partial charge on any atom is 0.294 e. The summed E-state index contributed by atoms with van der Waals surface area (Å²) < 4.78 is 6.28. The lowest BCUT2D eigenvalue weighted by molar-refractivity contribution is -0.0518. The van der Waals surface area contributed by atoms with Gasteiger partial charge >= 0.3 is 0 Å². The molecule has 0 aliphatic heterocycles. The van der Waals surface area contributed by atoms with E-state index >= 15 is 0 Å². The van der Waals surface area contributed by atoms with Crippen molar-refractivity contribution in [1.29, 1.82) is 0 Å². The summed E-state index contributed by atoms with van der Waals surface area (Å²) in [6, 6.07) is 1.71. The van der Waals surface area contributed by atoms with E-state index in [0.717, 1.165) is 10.9 Å². The van der Waals surface area contributed by atoms with Gasteiger partial charge in [-0.1, -0.05) is 0 Å². The third-order valence-corrected chi connectivity index (χ3v) is 2.25. The van der Waals surface area contributed by atoms with Crippen LogP contribution in [0.15, 0.2) is 27.7 Å². The van der Waals surface area contributed by atoms with E-state index in [1.807, 2.05) is 6.92 Å². The number of aryl methyl sites for hydroxylation is 1. The highest BCUT2D eigenvalue weighted by Gasteiger charge is 2.10. The number of aliphatic hydroxyl groups excluding tert-OH is 1. The van der Waals surface area contributed by atoms with Gasteiger partial charge in [0.1, 0.15) is 0 Å². The Morgan fingerprint density at radius 3 is 2.93 bits per heavy atom. The summed E-state index contributed by atoms with van der Waals surface area (Å²) in [4.78, 5) is 11.7. The zero-order valence-electron chi connectivity index (χ0n) is 8.17. The molecule has 2 aromatic rings. The average molecular weight is 209 g/mol. The van der Waals surface area contributed by atoms with E-state index in [-0.39, 0.29) is 17.7 Å². The lowest BCUT2D eigenvalue weighted by Crippen LogP contribution is -2.26. The summed E-state index contributed by atoms with van der Waals surface area (Å²) in [6.07, 6.45) is 1.48. The minimum absolute atomic E-state index is 0.156. The molecule has 2 rings (SSSR count). The first kappa shape index (κ1) is 9.95. The zero-order valence-corrected chi connectivity index (χ0v) is 8.17. The molecule has 0 aliphatic rings. The minimum atomic E-state index is -1.55. The quantitative estimate of drug-likeness (QED) is 0.693. The molecule has 0 unspecified atom stereocenters. The van der Waals surface area contributed by atoms with Gasteiger partial charge in [0.2, 0.25) is 0 Å². The molecule has 0 saturated heterocycles. The molecule has 0 spiro atoms. The molecule has 0 atom stereocenters. The molecule has 5 heteroatoms. The molecule has 80 valence electrons. The second-order valence-corrected chi connectivity index (χ2v) is 3.41. The van der Waals surface area contributed by atoms with Crippen LogP contribution in [0.3, 0.4) is 0 Å². The van der Waals surface area contributed by atoms with Crippen LogP contribution in [-0.4, -0.2) is 21.1 Å². The highest BCUT2D eigenvalue weighted by Crippen LogP contribution is 2.15. The molecule has 0 saturated carbocycles. The number of rotatable bonds is 2. The van der Waals surface area contributed by atoms with Crippen molar-refractivity contribution >= 4 is 11.0 Å². The van der Waals surface area contributed by atoms with Crippen molar-refractivity contribution in [3.8, 4) is 0 Å². The Hall–Kier alpha value is -1.59. The van der Waals surface area contributed by atoms with Crippen molar-refractivity contribution in [1.82, 2.24) is 4.57 Å². The number of hydrogen-bond acceptors (Lipinski definition) is 4. The van der Waals surface area contributed by atoms with Gasteiger partial charge in [-0.3, -0.25) is 4.79 Å². The predicted molar refractivity (Wildman–Crippen MR) is 53.4 cm³/mol. The van der Waals surface area contributed by atoms with Crippen LogP contribution in [0.2, 0.25) is 0 Å². The fourth-order valence-electron chi connectivity index (χ4n) is 1.59. The predicted octanol–water partition coefficient (Wildman–Crippen LogP) is 0.214. The fraction of sp³-hybridized carbons (Fsp3) is 0.300. The van der Waals surface area contributed by atoms with Crippen LogP contribution in [0.4, 0.5) is 0 Å². The average Bonchev–Trinajstić information content (AvgIpc) is 2.61. The first-order chi connectivity index (χ1) is 7.09. The molecular weight excluding hydrogens is 198 g/mol. The molecule has 0 radical (unpaired) electrons. The van der Waals surface area contributed by atoms with Crippen LogP contribution < -0.4 is 5.56 Å². The number of hydrogen-bond donors (Lipinski definition) is 2. The number of nitrogens with zero attached hydrogens (tertiary/aromatic N) is 1. The summed E-state index contributed by atoms with van der Waals surface area (Å²) in [5.41, 5.74) is 0.753. The highest BCUT2D eigenvalue weighted by atomic mass is 16.5. The van der Waals surface area contributed by atoms with Crippen LogP contribution in [-0.2, 0) is 6.54 Å². The van der Waals surface area contributed by atoms with Crippen LogP contribution in [0.25, 0.3) is 11.0 Å². The van der Waals surface area contributed by atoms with Gasteiger partial charge in [-0.2, -0.15) is 0 Å². The number of fused-ring (bicyclic) bond motifs is 1. The molecule has 0 aromatic carbocycles. The molecular formula is C10H11NO4. The standard InChI is InChI=1S/C10H11NO4/c1-6-4-11(5-8(12)13)10(14)9-7(6)2-3-15-9/h2-4,8,12-13H,5H2,1H3. The molecule has 0 aliphatic carbocycles. The van der Waals surface area contributed by atoms with E-state index in [1.54, 1.807) is 12.3 Å². The fourth-order valence-corrected chi connectivity index (χ4v) is 1.59. The first-order valence-electron chi connectivity index (χ1n) is 4.53. The Balaban J connectivity index is 2.66. The molecule has 5 nitrogen and oxygen atoms in total. The Bertz CT molecular complexity index is 538. The molecule has 0 bridgehead atoms. The topological polar surface area (TPSA) is 75.6 Å². The second-order valence-electron chi connectivity index (χ2n) is 3.41. The Morgan fingerprint density at radius 1 is 1.53 bits per heavy atom. The van der Waals surface area contributed by atoms with Gasteiger partial charge in [0.25, 0.3) is 5.56 Å². The van der Waals surface area contributed by atoms with Crippen molar-refractivity contribution in [2.45, 2.75) is 19.8 Å². The monoisotopic (exact) mass is 209 g/mol. The number of pyridine rings is 1. The maximum atomic E-state index is 11.7. The van der Waals surface area contributed by atoms with Crippen molar-refractivity contribution in [3.05, 3.63) is 34.4 Å². The van der Waals surface area contributed by atoms with E-state index in [2.05, 4.69) is 0 Å². The van der Waals surface area contributed by atoms with Crippen molar-refractivity contribution < 1.29 is 14.6 Å². The Morgan fingerprint density at radius 2 is 2.27 bits per heavy atom. The van der Waals surface area contributed by atoms with Gasteiger partial charge in [-0.25, -0.2) is 0 Å². The van der Waals surface area contributed by atoms with Crippen molar-refractivity contribution in [3.63, 3.8) is 0 Å².